The normalized spacial score (nSPS) is 16.9. The van der Waals surface area contributed by atoms with Crippen molar-refractivity contribution in [3.8, 4) is 11.5 Å². The molecule has 108 valence electrons. The van der Waals surface area contributed by atoms with E-state index in [1.165, 1.54) is 6.07 Å². The van der Waals surface area contributed by atoms with Gasteiger partial charge in [-0.2, -0.15) is 4.98 Å². The van der Waals surface area contributed by atoms with Gasteiger partial charge in [0.25, 0.3) is 5.89 Å². The molecule has 1 aromatic carbocycles. The minimum Gasteiger partial charge on any atom is -0.334 e. The van der Waals surface area contributed by atoms with Crippen molar-refractivity contribution in [2.75, 3.05) is 0 Å². The first kappa shape index (κ1) is 14.9. The monoisotopic (exact) mass is 301 g/mol. The predicted molar refractivity (Wildman–Crippen MR) is 71.2 cm³/mol. The van der Waals surface area contributed by atoms with Crippen LogP contribution in [0.1, 0.15) is 31.5 Å². The molecular weight excluding hydrogens is 288 g/mol. The highest BCUT2D eigenvalue weighted by molar-refractivity contribution is 5.85. The molecule has 7 heteroatoms. The third-order valence-corrected chi connectivity index (χ3v) is 3.53. The standard InChI is InChI=1S/C13H13F2N3O.ClH/c14-9-4-3-8(7-10(9)15)11-17-12(18-19-11)13(16)5-1-2-6-13;/h3-4,7H,1-2,5-6,16H2;1H. The molecule has 4 nitrogen and oxygen atoms in total. The van der Waals surface area contributed by atoms with Crippen LogP contribution >= 0.6 is 12.4 Å². The van der Waals surface area contributed by atoms with Gasteiger partial charge in [0.15, 0.2) is 17.5 Å². The SMILES string of the molecule is Cl.NC1(c2noc(-c3ccc(F)c(F)c3)n2)CCCC1. The Morgan fingerprint density at radius 1 is 1.15 bits per heavy atom. The van der Waals surface area contributed by atoms with Gasteiger partial charge in [0.05, 0.1) is 5.54 Å². The van der Waals surface area contributed by atoms with Crippen molar-refractivity contribution < 1.29 is 13.3 Å². The largest absolute Gasteiger partial charge is 0.334 e. The number of hydrogen-bond donors (Lipinski definition) is 1. The maximum Gasteiger partial charge on any atom is 0.258 e. The van der Waals surface area contributed by atoms with Crippen molar-refractivity contribution in [2.45, 2.75) is 31.2 Å². The second kappa shape index (κ2) is 5.46. The number of halogens is 3. The van der Waals surface area contributed by atoms with E-state index in [-0.39, 0.29) is 18.3 Å². The summed E-state index contributed by atoms with van der Waals surface area (Å²) in [4.78, 5) is 4.21. The maximum atomic E-state index is 13.2. The van der Waals surface area contributed by atoms with Crippen molar-refractivity contribution in [3.05, 3.63) is 35.7 Å². The maximum absolute atomic E-state index is 13.2. The first-order valence-corrected chi connectivity index (χ1v) is 6.17. The van der Waals surface area contributed by atoms with E-state index in [0.717, 1.165) is 37.8 Å². The van der Waals surface area contributed by atoms with Crippen LogP contribution in [0.15, 0.2) is 22.7 Å². The number of nitrogens with two attached hydrogens (primary N) is 1. The van der Waals surface area contributed by atoms with Gasteiger partial charge < -0.3 is 10.3 Å². The molecule has 1 aromatic heterocycles. The van der Waals surface area contributed by atoms with Crippen LogP contribution in [0.2, 0.25) is 0 Å². The van der Waals surface area contributed by atoms with E-state index in [1.807, 2.05) is 0 Å². The van der Waals surface area contributed by atoms with Crippen LogP contribution in [-0.4, -0.2) is 10.1 Å². The molecule has 1 fully saturated rings. The van der Waals surface area contributed by atoms with Crippen molar-refractivity contribution in [1.29, 1.82) is 0 Å². The molecule has 2 aromatic rings. The Morgan fingerprint density at radius 3 is 2.50 bits per heavy atom. The summed E-state index contributed by atoms with van der Waals surface area (Å²) in [5, 5.41) is 3.87. The Morgan fingerprint density at radius 2 is 1.85 bits per heavy atom. The lowest BCUT2D eigenvalue weighted by molar-refractivity contribution is 0.372. The van der Waals surface area contributed by atoms with Gasteiger partial charge >= 0.3 is 0 Å². The highest BCUT2D eigenvalue weighted by Crippen LogP contribution is 2.35. The number of rotatable bonds is 2. The average molecular weight is 302 g/mol. The van der Waals surface area contributed by atoms with Gasteiger partial charge in [-0.05, 0) is 31.0 Å². The fourth-order valence-corrected chi connectivity index (χ4v) is 2.40. The minimum atomic E-state index is -0.944. The Balaban J connectivity index is 0.00000147. The third-order valence-electron chi connectivity index (χ3n) is 3.53. The smallest absolute Gasteiger partial charge is 0.258 e. The molecule has 1 saturated carbocycles. The topological polar surface area (TPSA) is 64.9 Å². The molecular formula is C13H14ClF2N3O. The molecule has 0 amide bonds. The Labute approximate surface area is 120 Å². The first-order valence-electron chi connectivity index (χ1n) is 6.17. The highest BCUT2D eigenvalue weighted by Gasteiger charge is 2.36. The molecule has 1 aliphatic rings. The summed E-state index contributed by atoms with van der Waals surface area (Å²) in [6.45, 7) is 0. The molecule has 3 rings (SSSR count). The lowest BCUT2D eigenvalue weighted by Crippen LogP contribution is -2.34. The number of nitrogens with zero attached hydrogens (tertiary/aromatic N) is 2. The zero-order valence-corrected chi connectivity index (χ0v) is 11.4. The van der Waals surface area contributed by atoms with E-state index >= 15 is 0 Å². The fourth-order valence-electron chi connectivity index (χ4n) is 2.40. The third kappa shape index (κ3) is 2.53. The van der Waals surface area contributed by atoms with Gasteiger partial charge in [-0.15, -0.1) is 12.4 Å². The summed E-state index contributed by atoms with van der Waals surface area (Å²) in [5.74, 6) is -1.26. The van der Waals surface area contributed by atoms with Crippen LogP contribution in [0.5, 0.6) is 0 Å². The second-order valence-corrected chi connectivity index (χ2v) is 4.92. The molecule has 20 heavy (non-hydrogen) atoms. The van der Waals surface area contributed by atoms with Crippen LogP contribution in [0, 0.1) is 11.6 Å². The average Bonchev–Trinajstić information content (AvgIpc) is 3.02. The van der Waals surface area contributed by atoms with Gasteiger partial charge in [-0.25, -0.2) is 8.78 Å². The molecule has 0 aliphatic heterocycles. The predicted octanol–water partition coefficient (Wildman–Crippen LogP) is 3.16. The van der Waals surface area contributed by atoms with Crippen molar-refractivity contribution in [2.24, 2.45) is 5.73 Å². The van der Waals surface area contributed by atoms with Gasteiger partial charge in [-0.1, -0.05) is 18.0 Å². The number of hydrogen-bond acceptors (Lipinski definition) is 4. The lowest BCUT2D eigenvalue weighted by Gasteiger charge is -2.17. The van der Waals surface area contributed by atoms with Gasteiger partial charge in [0, 0.05) is 5.56 Å². The second-order valence-electron chi connectivity index (χ2n) is 4.92. The molecule has 0 saturated heterocycles. The lowest BCUT2D eigenvalue weighted by atomic mass is 9.99. The van der Waals surface area contributed by atoms with Crippen molar-refractivity contribution in [1.82, 2.24) is 10.1 Å². The molecule has 0 radical (unpaired) electrons. The summed E-state index contributed by atoms with van der Waals surface area (Å²) in [6, 6.07) is 3.46. The van der Waals surface area contributed by atoms with E-state index in [1.54, 1.807) is 0 Å². The molecule has 0 unspecified atom stereocenters. The number of aromatic nitrogens is 2. The van der Waals surface area contributed by atoms with E-state index in [4.69, 9.17) is 10.3 Å². The van der Waals surface area contributed by atoms with Gasteiger partial charge in [0.2, 0.25) is 0 Å². The van der Waals surface area contributed by atoms with Crippen molar-refractivity contribution in [3.63, 3.8) is 0 Å². The molecule has 1 heterocycles. The van der Waals surface area contributed by atoms with Gasteiger partial charge in [-0.3, -0.25) is 0 Å². The van der Waals surface area contributed by atoms with Crippen LogP contribution in [0.25, 0.3) is 11.5 Å². The van der Waals surface area contributed by atoms with E-state index in [9.17, 15) is 8.78 Å². The number of benzene rings is 1. The zero-order chi connectivity index (χ0) is 13.5. The summed E-state index contributed by atoms with van der Waals surface area (Å²) in [5.41, 5.74) is 6.00. The molecule has 1 aliphatic carbocycles. The Hall–Kier alpha value is -1.53. The van der Waals surface area contributed by atoms with Crippen LogP contribution in [0.4, 0.5) is 8.78 Å². The molecule has 0 bridgehead atoms. The van der Waals surface area contributed by atoms with E-state index in [0.29, 0.717) is 11.4 Å². The van der Waals surface area contributed by atoms with Crippen LogP contribution < -0.4 is 5.73 Å². The Bertz CT molecular complexity index is 611. The van der Waals surface area contributed by atoms with Crippen LogP contribution in [-0.2, 0) is 5.54 Å². The zero-order valence-electron chi connectivity index (χ0n) is 10.6. The summed E-state index contributed by atoms with van der Waals surface area (Å²) in [7, 11) is 0. The van der Waals surface area contributed by atoms with Gasteiger partial charge in [0.1, 0.15) is 0 Å². The Kier molecular flexibility index (Phi) is 4.06. The van der Waals surface area contributed by atoms with Crippen LogP contribution in [0.3, 0.4) is 0 Å². The molecule has 2 N–H and O–H groups in total. The molecule has 0 spiro atoms. The highest BCUT2D eigenvalue weighted by atomic mass is 35.5. The van der Waals surface area contributed by atoms with E-state index < -0.39 is 17.2 Å². The summed E-state index contributed by atoms with van der Waals surface area (Å²) >= 11 is 0. The summed E-state index contributed by atoms with van der Waals surface area (Å²) < 4.78 is 31.1. The van der Waals surface area contributed by atoms with E-state index in [2.05, 4.69) is 10.1 Å². The van der Waals surface area contributed by atoms with Crippen molar-refractivity contribution >= 4 is 12.4 Å². The molecule has 0 atom stereocenters. The summed E-state index contributed by atoms with van der Waals surface area (Å²) in [6.07, 6.45) is 3.69. The minimum absolute atomic E-state index is 0. The quantitative estimate of drug-likeness (QED) is 0.925. The first-order chi connectivity index (χ1) is 9.08. The fraction of sp³-hybridized carbons (Fsp3) is 0.385.